The molecule has 1 amide bonds. The van der Waals surface area contributed by atoms with Crippen molar-refractivity contribution in [3.63, 3.8) is 0 Å². The molecule has 0 aliphatic carbocycles. The third-order valence-electron chi connectivity index (χ3n) is 3.67. The summed E-state index contributed by atoms with van der Waals surface area (Å²) in [5.74, 6) is 0.0849. The number of piperazine rings is 1. The summed E-state index contributed by atoms with van der Waals surface area (Å²) < 4.78 is 0. The number of benzene rings is 1. The van der Waals surface area contributed by atoms with Gasteiger partial charge in [-0.3, -0.25) is 4.79 Å². The van der Waals surface area contributed by atoms with Crippen molar-refractivity contribution in [2.45, 2.75) is 19.4 Å². The molecule has 0 unspecified atom stereocenters. The molecule has 0 aromatic heterocycles. The first-order valence-corrected chi connectivity index (χ1v) is 6.20. The van der Waals surface area contributed by atoms with Gasteiger partial charge in [0, 0.05) is 25.8 Å². The van der Waals surface area contributed by atoms with E-state index in [1.54, 1.807) is 17.0 Å². The number of hydrogen-bond donors (Lipinski definition) is 1. The second-order valence-corrected chi connectivity index (χ2v) is 5.32. The van der Waals surface area contributed by atoms with E-state index in [0.717, 1.165) is 12.2 Å². The zero-order valence-electron chi connectivity index (χ0n) is 11.5. The van der Waals surface area contributed by atoms with E-state index in [0.29, 0.717) is 17.8 Å². The van der Waals surface area contributed by atoms with Gasteiger partial charge in [-0.05, 0) is 32.0 Å². The maximum absolute atomic E-state index is 12.2. The van der Waals surface area contributed by atoms with Crippen LogP contribution in [0.2, 0.25) is 0 Å². The van der Waals surface area contributed by atoms with Crippen LogP contribution in [-0.2, 0) is 4.79 Å². The van der Waals surface area contributed by atoms with Crippen LogP contribution in [0.3, 0.4) is 0 Å². The molecule has 1 fully saturated rings. The molecule has 0 atom stereocenters. The molecule has 19 heavy (non-hydrogen) atoms. The molecule has 1 aromatic rings. The average molecular weight is 258 g/mol. The van der Waals surface area contributed by atoms with E-state index >= 15 is 0 Å². The van der Waals surface area contributed by atoms with Crippen molar-refractivity contribution in [2.24, 2.45) is 0 Å². The first-order chi connectivity index (χ1) is 8.87. The summed E-state index contributed by atoms with van der Waals surface area (Å²) in [7, 11) is 1.81. The van der Waals surface area contributed by atoms with Crippen molar-refractivity contribution >= 4 is 17.3 Å². The summed E-state index contributed by atoms with van der Waals surface area (Å²) in [5, 5.41) is 8.89. The zero-order chi connectivity index (χ0) is 14.2. The van der Waals surface area contributed by atoms with Crippen LogP contribution >= 0.6 is 0 Å². The third kappa shape index (κ3) is 2.10. The smallest absolute Gasteiger partial charge is 0.247 e. The predicted octanol–water partition coefficient (Wildman–Crippen LogP) is 1.20. The number of likely N-dealkylation sites (N-methyl/N-ethyl adjacent to an activating group) is 1. The van der Waals surface area contributed by atoms with E-state index < -0.39 is 5.54 Å². The molecule has 1 aliphatic heterocycles. The Morgan fingerprint density at radius 2 is 2.05 bits per heavy atom. The van der Waals surface area contributed by atoms with E-state index in [2.05, 4.69) is 0 Å². The van der Waals surface area contributed by atoms with Crippen LogP contribution in [0.1, 0.15) is 19.4 Å². The maximum atomic E-state index is 12.2. The Morgan fingerprint density at radius 1 is 1.37 bits per heavy atom. The van der Waals surface area contributed by atoms with E-state index in [1.165, 1.54) is 0 Å². The van der Waals surface area contributed by atoms with Gasteiger partial charge in [0.2, 0.25) is 5.91 Å². The number of hydrogen-bond acceptors (Lipinski definition) is 4. The Hall–Kier alpha value is -2.22. The minimum Gasteiger partial charge on any atom is -0.398 e. The molecule has 1 heterocycles. The highest BCUT2D eigenvalue weighted by atomic mass is 16.2. The van der Waals surface area contributed by atoms with Crippen molar-refractivity contribution in [2.75, 3.05) is 30.8 Å². The van der Waals surface area contributed by atoms with Crippen LogP contribution in [-0.4, -0.2) is 36.5 Å². The number of amides is 1. The standard InChI is InChI=1S/C14H18N4O/c1-14(2)13(19)17(3)6-7-18(14)11-5-4-10(9-15)12(16)8-11/h4-5,8H,6-7,16H2,1-3H3. The molecule has 0 bridgehead atoms. The van der Waals surface area contributed by atoms with Gasteiger partial charge in [0.05, 0.1) is 11.3 Å². The summed E-state index contributed by atoms with van der Waals surface area (Å²) in [6.45, 7) is 5.24. The number of carbonyl (C=O) groups is 1. The Kier molecular flexibility index (Phi) is 3.11. The molecule has 1 saturated heterocycles. The minimum atomic E-state index is -0.604. The van der Waals surface area contributed by atoms with Crippen LogP contribution in [0.5, 0.6) is 0 Å². The van der Waals surface area contributed by atoms with E-state index in [4.69, 9.17) is 11.0 Å². The fourth-order valence-electron chi connectivity index (χ4n) is 2.49. The molecule has 0 saturated carbocycles. The van der Waals surface area contributed by atoms with Gasteiger partial charge in [-0.2, -0.15) is 5.26 Å². The Labute approximate surface area is 113 Å². The van der Waals surface area contributed by atoms with E-state index in [9.17, 15) is 4.79 Å². The Bertz CT molecular complexity index is 559. The number of nitrogens with two attached hydrogens (primary N) is 1. The topological polar surface area (TPSA) is 73.4 Å². The quantitative estimate of drug-likeness (QED) is 0.768. The van der Waals surface area contributed by atoms with Gasteiger partial charge in [-0.25, -0.2) is 0 Å². The first kappa shape index (κ1) is 13.2. The Balaban J connectivity index is 2.39. The molecule has 2 rings (SSSR count). The lowest BCUT2D eigenvalue weighted by Gasteiger charge is -2.46. The number of carbonyl (C=O) groups excluding carboxylic acids is 1. The molecule has 0 spiro atoms. The van der Waals surface area contributed by atoms with Gasteiger partial charge in [0.15, 0.2) is 0 Å². The summed E-state index contributed by atoms with van der Waals surface area (Å²) in [5.41, 5.74) is 7.03. The third-order valence-corrected chi connectivity index (χ3v) is 3.67. The summed E-state index contributed by atoms with van der Waals surface area (Å²) in [6.07, 6.45) is 0. The van der Waals surface area contributed by atoms with Crippen LogP contribution in [0, 0.1) is 11.3 Å². The van der Waals surface area contributed by atoms with Gasteiger partial charge in [0.1, 0.15) is 11.6 Å². The number of anilines is 2. The molecule has 1 aliphatic rings. The molecule has 100 valence electrons. The number of nitrogen functional groups attached to an aromatic ring is 1. The summed E-state index contributed by atoms with van der Waals surface area (Å²) in [6, 6.07) is 7.35. The van der Waals surface area contributed by atoms with Gasteiger partial charge < -0.3 is 15.5 Å². The van der Waals surface area contributed by atoms with Crippen molar-refractivity contribution in [3.8, 4) is 6.07 Å². The highest BCUT2D eigenvalue weighted by Gasteiger charge is 2.40. The average Bonchev–Trinajstić information content (AvgIpc) is 2.36. The normalized spacial score (nSPS) is 18.3. The number of rotatable bonds is 1. The Morgan fingerprint density at radius 3 is 2.63 bits per heavy atom. The number of nitrogens with zero attached hydrogens (tertiary/aromatic N) is 3. The maximum Gasteiger partial charge on any atom is 0.247 e. The minimum absolute atomic E-state index is 0.0849. The molecule has 2 N–H and O–H groups in total. The van der Waals surface area contributed by atoms with Gasteiger partial charge in [-0.1, -0.05) is 0 Å². The fraction of sp³-hybridized carbons (Fsp3) is 0.429. The lowest BCUT2D eigenvalue weighted by Crippen LogP contribution is -2.62. The summed E-state index contributed by atoms with van der Waals surface area (Å²) in [4.78, 5) is 16.0. The van der Waals surface area contributed by atoms with Crippen LogP contribution in [0.15, 0.2) is 18.2 Å². The molecule has 5 heteroatoms. The largest absolute Gasteiger partial charge is 0.398 e. The first-order valence-electron chi connectivity index (χ1n) is 6.20. The second-order valence-electron chi connectivity index (χ2n) is 5.32. The van der Waals surface area contributed by atoms with Crippen molar-refractivity contribution in [1.82, 2.24) is 4.90 Å². The van der Waals surface area contributed by atoms with Crippen LogP contribution in [0.4, 0.5) is 11.4 Å². The van der Waals surface area contributed by atoms with Gasteiger partial charge >= 0.3 is 0 Å². The van der Waals surface area contributed by atoms with E-state index in [1.807, 2.05) is 37.9 Å². The second kappa shape index (κ2) is 4.47. The van der Waals surface area contributed by atoms with Crippen molar-refractivity contribution in [3.05, 3.63) is 23.8 Å². The van der Waals surface area contributed by atoms with Gasteiger partial charge in [-0.15, -0.1) is 0 Å². The number of nitriles is 1. The summed E-state index contributed by atoms with van der Waals surface area (Å²) >= 11 is 0. The SMILES string of the molecule is CN1CCN(c2ccc(C#N)c(N)c2)C(C)(C)C1=O. The zero-order valence-corrected chi connectivity index (χ0v) is 11.5. The molecular formula is C14H18N4O. The molecular weight excluding hydrogens is 240 g/mol. The fourth-order valence-corrected chi connectivity index (χ4v) is 2.49. The van der Waals surface area contributed by atoms with Gasteiger partial charge in [0.25, 0.3) is 0 Å². The van der Waals surface area contributed by atoms with Crippen LogP contribution in [0.25, 0.3) is 0 Å². The highest BCUT2D eigenvalue weighted by molar-refractivity contribution is 5.90. The van der Waals surface area contributed by atoms with Crippen molar-refractivity contribution < 1.29 is 4.79 Å². The molecule has 0 radical (unpaired) electrons. The highest BCUT2D eigenvalue weighted by Crippen LogP contribution is 2.30. The predicted molar refractivity (Wildman–Crippen MR) is 74.6 cm³/mol. The van der Waals surface area contributed by atoms with Crippen LogP contribution < -0.4 is 10.6 Å². The van der Waals surface area contributed by atoms with Crippen molar-refractivity contribution in [1.29, 1.82) is 5.26 Å². The lowest BCUT2D eigenvalue weighted by molar-refractivity contribution is -0.136. The van der Waals surface area contributed by atoms with E-state index in [-0.39, 0.29) is 5.91 Å². The monoisotopic (exact) mass is 258 g/mol. The molecule has 5 nitrogen and oxygen atoms in total. The molecule has 1 aromatic carbocycles. The lowest BCUT2D eigenvalue weighted by atomic mass is 9.96.